The number of piperazine rings is 1. The van der Waals surface area contributed by atoms with E-state index < -0.39 is 0 Å². The number of hydrogen-bond acceptors (Lipinski definition) is 6. The highest BCUT2D eigenvalue weighted by molar-refractivity contribution is 5.40. The van der Waals surface area contributed by atoms with E-state index in [1.807, 2.05) is 6.07 Å². The van der Waals surface area contributed by atoms with E-state index in [9.17, 15) is 0 Å². The van der Waals surface area contributed by atoms with E-state index in [-0.39, 0.29) is 5.41 Å². The molecule has 2 aliphatic rings. The number of hydrogen-bond donors (Lipinski definition) is 0. The van der Waals surface area contributed by atoms with Crippen LogP contribution in [0.25, 0.3) is 0 Å². The molecular weight excluding hydrogens is 376 g/mol. The molecule has 2 aromatic carbocycles. The van der Waals surface area contributed by atoms with Crippen LogP contribution in [0.15, 0.2) is 59.1 Å². The fourth-order valence-electron chi connectivity index (χ4n) is 4.34. The molecule has 1 aromatic heterocycles. The molecular formula is C24H28N4O2. The number of benzene rings is 2. The first-order valence-corrected chi connectivity index (χ1v) is 10.8. The largest absolute Gasteiger partial charge is 0.497 e. The highest BCUT2D eigenvalue weighted by Gasteiger charge is 2.50. The topological polar surface area (TPSA) is 54.6 Å². The van der Waals surface area contributed by atoms with Crippen molar-refractivity contribution in [3.63, 3.8) is 0 Å². The van der Waals surface area contributed by atoms with Gasteiger partial charge in [0.2, 0.25) is 0 Å². The standard InChI is InChI=1S/C24H28N4O2/c1-29-21-9-5-6-19(18-21)10-13-27-14-16-28(17-15-27)23-25-22(26-30-23)24(11-12-24)20-7-3-2-4-8-20/h2-9,18H,10-17H2,1H3. The summed E-state index contributed by atoms with van der Waals surface area (Å²) in [7, 11) is 1.71. The number of nitrogens with zero attached hydrogens (tertiary/aromatic N) is 4. The molecule has 1 aliphatic heterocycles. The van der Waals surface area contributed by atoms with Crippen molar-refractivity contribution in [2.75, 3.05) is 44.7 Å². The van der Waals surface area contributed by atoms with Crippen LogP contribution < -0.4 is 9.64 Å². The maximum Gasteiger partial charge on any atom is 0.324 e. The molecule has 3 aromatic rings. The van der Waals surface area contributed by atoms with Crippen LogP contribution in [-0.2, 0) is 11.8 Å². The molecule has 1 aliphatic carbocycles. The fraction of sp³-hybridized carbons (Fsp3) is 0.417. The van der Waals surface area contributed by atoms with E-state index >= 15 is 0 Å². The molecule has 6 heteroatoms. The summed E-state index contributed by atoms with van der Waals surface area (Å²) >= 11 is 0. The van der Waals surface area contributed by atoms with Crippen molar-refractivity contribution in [2.24, 2.45) is 0 Å². The molecule has 0 atom stereocenters. The maximum absolute atomic E-state index is 5.67. The molecule has 1 saturated carbocycles. The van der Waals surface area contributed by atoms with Crippen LogP contribution in [0.3, 0.4) is 0 Å². The van der Waals surface area contributed by atoms with E-state index in [1.165, 1.54) is 11.1 Å². The Morgan fingerprint density at radius 1 is 1.00 bits per heavy atom. The minimum atomic E-state index is -0.0401. The van der Waals surface area contributed by atoms with E-state index in [0.29, 0.717) is 6.01 Å². The second-order valence-electron chi connectivity index (χ2n) is 8.28. The molecule has 2 heterocycles. The summed E-state index contributed by atoms with van der Waals surface area (Å²) in [6.07, 6.45) is 3.21. The van der Waals surface area contributed by atoms with Crippen molar-refractivity contribution in [1.82, 2.24) is 15.0 Å². The zero-order valence-electron chi connectivity index (χ0n) is 17.5. The molecule has 30 heavy (non-hydrogen) atoms. The molecule has 2 fully saturated rings. The summed E-state index contributed by atoms with van der Waals surface area (Å²) in [5.41, 5.74) is 2.57. The number of anilines is 1. The predicted molar refractivity (Wildman–Crippen MR) is 116 cm³/mol. The minimum absolute atomic E-state index is 0.0401. The highest BCUT2D eigenvalue weighted by Crippen LogP contribution is 2.52. The molecule has 156 valence electrons. The zero-order valence-corrected chi connectivity index (χ0v) is 17.5. The first-order chi connectivity index (χ1) is 14.8. The molecule has 0 amide bonds. The summed E-state index contributed by atoms with van der Waals surface area (Å²) < 4.78 is 11.0. The Kier molecular flexibility index (Phi) is 5.17. The first kappa shape index (κ1) is 19.1. The Morgan fingerprint density at radius 2 is 1.80 bits per heavy atom. The Labute approximate surface area is 177 Å². The smallest absolute Gasteiger partial charge is 0.324 e. The molecule has 0 radical (unpaired) electrons. The third-order valence-corrected chi connectivity index (χ3v) is 6.41. The van der Waals surface area contributed by atoms with Crippen molar-refractivity contribution in [3.05, 3.63) is 71.5 Å². The maximum atomic E-state index is 5.67. The van der Waals surface area contributed by atoms with Gasteiger partial charge in [-0.3, -0.25) is 4.90 Å². The molecule has 0 bridgehead atoms. The van der Waals surface area contributed by atoms with Gasteiger partial charge in [0.1, 0.15) is 5.75 Å². The quantitative estimate of drug-likeness (QED) is 0.601. The average Bonchev–Trinajstić information content (AvgIpc) is 3.48. The van der Waals surface area contributed by atoms with Crippen molar-refractivity contribution in [3.8, 4) is 5.75 Å². The molecule has 0 N–H and O–H groups in total. The van der Waals surface area contributed by atoms with Gasteiger partial charge in [-0.2, -0.15) is 4.98 Å². The number of aromatic nitrogens is 2. The van der Waals surface area contributed by atoms with Gasteiger partial charge >= 0.3 is 6.01 Å². The van der Waals surface area contributed by atoms with Gasteiger partial charge in [-0.25, -0.2) is 0 Å². The van der Waals surface area contributed by atoms with Gasteiger partial charge in [0, 0.05) is 32.7 Å². The zero-order chi connectivity index (χ0) is 20.4. The lowest BCUT2D eigenvalue weighted by atomic mass is 9.95. The Hall–Kier alpha value is -2.86. The second kappa shape index (κ2) is 8.11. The van der Waals surface area contributed by atoms with Gasteiger partial charge < -0.3 is 14.2 Å². The predicted octanol–water partition coefficient (Wildman–Crippen LogP) is 3.52. The van der Waals surface area contributed by atoms with Crippen LogP contribution >= 0.6 is 0 Å². The van der Waals surface area contributed by atoms with Gasteiger partial charge in [0.05, 0.1) is 12.5 Å². The molecule has 5 rings (SSSR count). The van der Waals surface area contributed by atoms with Crippen molar-refractivity contribution < 1.29 is 9.26 Å². The lowest BCUT2D eigenvalue weighted by Gasteiger charge is -2.33. The summed E-state index contributed by atoms with van der Waals surface area (Å²) in [5, 5.41) is 4.36. The van der Waals surface area contributed by atoms with Gasteiger partial charge in [-0.15, -0.1) is 0 Å². The SMILES string of the molecule is COc1cccc(CCN2CCN(c3nc(C4(c5ccccc5)CC4)no3)CC2)c1. The molecule has 6 nitrogen and oxygen atoms in total. The van der Waals surface area contributed by atoms with E-state index in [0.717, 1.165) is 63.6 Å². The number of rotatable bonds is 7. The van der Waals surface area contributed by atoms with Crippen LogP contribution in [0, 0.1) is 0 Å². The second-order valence-corrected chi connectivity index (χ2v) is 8.28. The van der Waals surface area contributed by atoms with Crippen LogP contribution in [0.2, 0.25) is 0 Å². The Balaban J connectivity index is 1.17. The average molecular weight is 405 g/mol. The summed E-state index contributed by atoms with van der Waals surface area (Å²) in [5.74, 6) is 1.76. The summed E-state index contributed by atoms with van der Waals surface area (Å²) in [6.45, 7) is 4.89. The lowest BCUT2D eigenvalue weighted by molar-refractivity contribution is 0.253. The Bertz CT molecular complexity index is 976. The van der Waals surface area contributed by atoms with Crippen LogP contribution in [0.5, 0.6) is 5.75 Å². The van der Waals surface area contributed by atoms with Crippen molar-refractivity contribution in [2.45, 2.75) is 24.7 Å². The Morgan fingerprint density at radius 3 is 2.53 bits per heavy atom. The first-order valence-electron chi connectivity index (χ1n) is 10.8. The van der Waals surface area contributed by atoms with E-state index in [2.05, 4.69) is 63.5 Å². The van der Waals surface area contributed by atoms with Gasteiger partial charge in [0.25, 0.3) is 0 Å². The van der Waals surface area contributed by atoms with E-state index in [1.54, 1.807) is 7.11 Å². The highest BCUT2D eigenvalue weighted by atomic mass is 16.5. The molecule has 0 spiro atoms. The van der Waals surface area contributed by atoms with Crippen molar-refractivity contribution in [1.29, 1.82) is 0 Å². The summed E-state index contributed by atoms with van der Waals surface area (Å²) in [6, 6.07) is 19.6. The van der Waals surface area contributed by atoms with Crippen LogP contribution in [0.1, 0.15) is 29.8 Å². The summed E-state index contributed by atoms with van der Waals surface area (Å²) in [4.78, 5) is 9.52. The monoisotopic (exact) mass is 404 g/mol. The van der Waals surface area contributed by atoms with Gasteiger partial charge in [-0.05, 0) is 42.5 Å². The van der Waals surface area contributed by atoms with Crippen molar-refractivity contribution >= 4 is 6.01 Å². The number of ether oxygens (including phenoxy) is 1. The van der Waals surface area contributed by atoms with Crippen LogP contribution in [-0.4, -0.2) is 54.9 Å². The third-order valence-electron chi connectivity index (χ3n) is 6.41. The molecule has 0 unspecified atom stereocenters. The minimum Gasteiger partial charge on any atom is -0.497 e. The third kappa shape index (κ3) is 3.79. The lowest BCUT2D eigenvalue weighted by Crippen LogP contribution is -2.47. The molecule has 1 saturated heterocycles. The number of methoxy groups -OCH3 is 1. The fourth-order valence-corrected chi connectivity index (χ4v) is 4.34. The van der Waals surface area contributed by atoms with Crippen LogP contribution in [0.4, 0.5) is 6.01 Å². The van der Waals surface area contributed by atoms with Gasteiger partial charge in [0.15, 0.2) is 5.82 Å². The normalized spacial score (nSPS) is 18.4. The van der Waals surface area contributed by atoms with E-state index in [4.69, 9.17) is 14.2 Å². The van der Waals surface area contributed by atoms with Gasteiger partial charge in [-0.1, -0.05) is 47.6 Å².